The van der Waals surface area contributed by atoms with Crippen LogP contribution < -0.4 is 5.32 Å². The number of nitrogens with zero attached hydrogens (tertiary/aromatic N) is 2. The van der Waals surface area contributed by atoms with E-state index in [-0.39, 0.29) is 11.5 Å². The number of methoxy groups -OCH3 is 1. The van der Waals surface area contributed by atoms with Crippen molar-refractivity contribution in [2.24, 2.45) is 0 Å². The van der Waals surface area contributed by atoms with Crippen LogP contribution in [0.25, 0.3) is 10.2 Å². The van der Waals surface area contributed by atoms with Gasteiger partial charge in [-0.1, -0.05) is 11.6 Å². The molecule has 0 aliphatic rings. The first kappa shape index (κ1) is 15.0. The van der Waals surface area contributed by atoms with Crippen molar-refractivity contribution in [3.05, 3.63) is 15.6 Å². The summed E-state index contributed by atoms with van der Waals surface area (Å²) < 4.78 is 4.76. The van der Waals surface area contributed by atoms with E-state index in [1.165, 1.54) is 18.4 Å². The summed E-state index contributed by atoms with van der Waals surface area (Å²) >= 11 is 7.48. The minimum Gasteiger partial charge on any atom is -0.465 e. The van der Waals surface area contributed by atoms with Gasteiger partial charge in [-0.05, 0) is 33.3 Å². The monoisotopic (exact) mass is 313 g/mol. The maximum Gasteiger partial charge on any atom is 0.348 e. The van der Waals surface area contributed by atoms with E-state index >= 15 is 0 Å². The van der Waals surface area contributed by atoms with Gasteiger partial charge in [0.15, 0.2) is 0 Å². The van der Waals surface area contributed by atoms with E-state index in [0.717, 1.165) is 5.56 Å². The lowest BCUT2D eigenvalue weighted by molar-refractivity contribution is 0.0605. The zero-order valence-corrected chi connectivity index (χ0v) is 13.6. The summed E-state index contributed by atoms with van der Waals surface area (Å²) in [5.41, 5.74) is 0.582. The Kier molecular flexibility index (Phi) is 3.88. The van der Waals surface area contributed by atoms with Gasteiger partial charge in [-0.3, -0.25) is 0 Å². The molecule has 0 spiro atoms. The third-order valence-corrected chi connectivity index (χ3v) is 4.04. The van der Waals surface area contributed by atoms with E-state index in [9.17, 15) is 4.79 Å². The van der Waals surface area contributed by atoms with Crippen LogP contribution in [0.5, 0.6) is 0 Å². The molecule has 2 rings (SSSR count). The lowest BCUT2D eigenvalue weighted by atomic mass is 10.1. The third-order valence-electron chi connectivity index (χ3n) is 2.60. The first-order valence-corrected chi connectivity index (χ1v) is 7.25. The molecule has 2 aromatic rings. The molecular formula is C13H16ClN3O2S. The number of ether oxygens (including phenoxy) is 1. The maximum atomic E-state index is 11.7. The number of hydrogen-bond acceptors (Lipinski definition) is 6. The molecule has 0 unspecified atom stereocenters. The highest BCUT2D eigenvalue weighted by Gasteiger charge is 2.21. The minimum absolute atomic E-state index is 0.172. The molecule has 108 valence electrons. The van der Waals surface area contributed by atoms with Gasteiger partial charge in [-0.25, -0.2) is 14.8 Å². The molecule has 0 fully saturated rings. The molecule has 5 nitrogen and oxygen atoms in total. The van der Waals surface area contributed by atoms with Gasteiger partial charge in [-0.15, -0.1) is 11.3 Å². The molecule has 1 N–H and O–H groups in total. The Labute approximate surface area is 126 Å². The van der Waals surface area contributed by atoms with Crippen LogP contribution in [0.3, 0.4) is 0 Å². The second-order valence-electron chi connectivity index (χ2n) is 5.44. The SMILES string of the molecule is COC(=O)c1sc2nc(NC(C)(C)C)nc(Cl)c2c1C. The predicted molar refractivity (Wildman–Crippen MR) is 81.9 cm³/mol. The van der Waals surface area contributed by atoms with Gasteiger partial charge in [0.05, 0.1) is 12.5 Å². The van der Waals surface area contributed by atoms with Crippen molar-refractivity contribution in [3.8, 4) is 0 Å². The molecular weight excluding hydrogens is 298 g/mol. The highest BCUT2D eigenvalue weighted by atomic mass is 35.5. The Morgan fingerprint density at radius 1 is 1.35 bits per heavy atom. The summed E-state index contributed by atoms with van der Waals surface area (Å²) in [6.45, 7) is 7.84. The number of fused-ring (bicyclic) bond motifs is 1. The molecule has 0 radical (unpaired) electrons. The van der Waals surface area contributed by atoms with Crippen molar-refractivity contribution in [2.75, 3.05) is 12.4 Å². The summed E-state index contributed by atoms with van der Waals surface area (Å²) in [6, 6.07) is 0. The standard InChI is InChI=1S/C13H16ClN3O2S/c1-6-7-9(14)15-12(17-13(2,3)4)16-10(7)20-8(6)11(18)19-5/h1-5H3,(H,15,16,17). The normalized spacial score (nSPS) is 11.7. The molecule has 0 saturated carbocycles. The second-order valence-corrected chi connectivity index (χ2v) is 6.80. The van der Waals surface area contributed by atoms with E-state index in [2.05, 4.69) is 15.3 Å². The molecule has 2 heterocycles. The van der Waals surface area contributed by atoms with Gasteiger partial charge in [0.2, 0.25) is 5.95 Å². The number of thiophene rings is 1. The summed E-state index contributed by atoms with van der Waals surface area (Å²) in [7, 11) is 1.35. The summed E-state index contributed by atoms with van der Waals surface area (Å²) in [6.07, 6.45) is 0. The van der Waals surface area contributed by atoms with Crippen molar-refractivity contribution in [1.29, 1.82) is 0 Å². The Morgan fingerprint density at radius 3 is 2.55 bits per heavy atom. The number of nitrogens with one attached hydrogen (secondary N) is 1. The fourth-order valence-electron chi connectivity index (χ4n) is 1.77. The van der Waals surface area contributed by atoms with Gasteiger partial charge in [0.1, 0.15) is 14.9 Å². The first-order valence-electron chi connectivity index (χ1n) is 6.06. The highest BCUT2D eigenvalue weighted by molar-refractivity contribution is 7.20. The molecule has 20 heavy (non-hydrogen) atoms. The Morgan fingerprint density at radius 2 is 2.00 bits per heavy atom. The number of carbonyl (C=O) groups excluding carboxylic acids is 1. The maximum absolute atomic E-state index is 11.7. The fourth-order valence-corrected chi connectivity index (χ4v) is 3.24. The highest BCUT2D eigenvalue weighted by Crippen LogP contribution is 2.35. The van der Waals surface area contributed by atoms with Gasteiger partial charge in [0.25, 0.3) is 0 Å². The van der Waals surface area contributed by atoms with E-state index < -0.39 is 0 Å². The van der Waals surface area contributed by atoms with Crippen LogP contribution in [0.4, 0.5) is 5.95 Å². The number of aryl methyl sites for hydroxylation is 1. The van der Waals surface area contributed by atoms with Crippen LogP contribution in [-0.4, -0.2) is 28.6 Å². The van der Waals surface area contributed by atoms with Crippen LogP contribution >= 0.6 is 22.9 Å². The molecule has 0 atom stereocenters. The predicted octanol–water partition coefficient (Wildman–Crippen LogP) is 3.65. The number of anilines is 1. The van der Waals surface area contributed by atoms with E-state index in [1.807, 2.05) is 27.7 Å². The lowest BCUT2D eigenvalue weighted by Gasteiger charge is -2.20. The van der Waals surface area contributed by atoms with Crippen molar-refractivity contribution in [2.45, 2.75) is 33.2 Å². The molecule has 0 aliphatic carbocycles. The second kappa shape index (κ2) is 5.18. The van der Waals surface area contributed by atoms with E-state index in [1.54, 1.807) is 0 Å². The molecule has 0 bridgehead atoms. The summed E-state index contributed by atoms with van der Waals surface area (Å²) in [4.78, 5) is 21.6. The average Bonchev–Trinajstić information content (AvgIpc) is 2.63. The molecule has 2 aromatic heterocycles. The summed E-state index contributed by atoms with van der Waals surface area (Å²) in [5, 5.41) is 4.21. The van der Waals surface area contributed by atoms with Crippen molar-refractivity contribution < 1.29 is 9.53 Å². The van der Waals surface area contributed by atoms with Crippen LogP contribution in [-0.2, 0) is 4.74 Å². The number of carbonyl (C=O) groups is 1. The van der Waals surface area contributed by atoms with Crippen molar-refractivity contribution in [3.63, 3.8) is 0 Å². The number of halogens is 1. The number of rotatable bonds is 2. The van der Waals surface area contributed by atoms with E-state index in [0.29, 0.717) is 26.2 Å². The molecule has 7 heteroatoms. The molecule has 0 saturated heterocycles. The van der Waals surface area contributed by atoms with Crippen molar-refractivity contribution in [1.82, 2.24) is 9.97 Å². The largest absolute Gasteiger partial charge is 0.465 e. The topological polar surface area (TPSA) is 64.1 Å². The van der Waals surface area contributed by atoms with Gasteiger partial charge in [0, 0.05) is 5.54 Å². The third kappa shape index (κ3) is 2.86. The van der Waals surface area contributed by atoms with Crippen LogP contribution in [0, 0.1) is 6.92 Å². The molecule has 0 aromatic carbocycles. The van der Waals surface area contributed by atoms with Gasteiger partial charge < -0.3 is 10.1 Å². The van der Waals surface area contributed by atoms with Crippen molar-refractivity contribution >= 4 is 45.1 Å². The Hall–Kier alpha value is -1.40. The van der Waals surface area contributed by atoms with E-state index in [4.69, 9.17) is 16.3 Å². The lowest BCUT2D eigenvalue weighted by Crippen LogP contribution is -2.27. The average molecular weight is 314 g/mol. The number of esters is 1. The smallest absolute Gasteiger partial charge is 0.348 e. The fraction of sp³-hybridized carbons (Fsp3) is 0.462. The zero-order chi connectivity index (χ0) is 15.1. The number of hydrogen-bond donors (Lipinski definition) is 1. The van der Waals surface area contributed by atoms with Gasteiger partial charge >= 0.3 is 5.97 Å². The zero-order valence-electron chi connectivity index (χ0n) is 12.0. The first-order chi connectivity index (χ1) is 9.23. The van der Waals surface area contributed by atoms with Gasteiger partial charge in [-0.2, -0.15) is 0 Å². The van der Waals surface area contributed by atoms with Crippen LogP contribution in [0.15, 0.2) is 0 Å². The summed E-state index contributed by atoms with van der Waals surface area (Å²) in [5.74, 6) is 0.0690. The minimum atomic E-state index is -0.383. The Balaban J connectivity index is 2.58. The molecule has 0 amide bonds. The quantitative estimate of drug-likeness (QED) is 0.677. The Bertz CT molecular complexity index is 676. The number of aromatic nitrogens is 2. The van der Waals surface area contributed by atoms with Crippen LogP contribution in [0.1, 0.15) is 36.0 Å². The van der Waals surface area contributed by atoms with Crippen LogP contribution in [0.2, 0.25) is 5.15 Å². The molecule has 0 aliphatic heterocycles.